The molecule has 1 aromatic carbocycles. The number of ether oxygens (including phenoxy) is 1. The number of hydrogen-bond donors (Lipinski definition) is 1. The molecule has 1 aromatic heterocycles. The van der Waals surface area contributed by atoms with Crippen molar-refractivity contribution in [3.8, 4) is 5.75 Å². The van der Waals surface area contributed by atoms with Gasteiger partial charge < -0.3 is 10.1 Å². The van der Waals surface area contributed by atoms with E-state index in [2.05, 4.69) is 29.3 Å². The van der Waals surface area contributed by atoms with E-state index in [1.54, 1.807) is 0 Å². The Bertz CT molecular complexity index is 682. The molecule has 0 bridgehead atoms. The van der Waals surface area contributed by atoms with Crippen molar-refractivity contribution in [1.29, 1.82) is 0 Å². The van der Waals surface area contributed by atoms with E-state index in [1.807, 2.05) is 31.3 Å². The largest absolute Gasteiger partial charge is 0.494 e. The highest BCUT2D eigenvalue weighted by atomic mass is 35.5. The van der Waals surface area contributed by atoms with Crippen LogP contribution in [-0.4, -0.2) is 42.7 Å². The molecular weight excluding hydrogens is 334 g/mol. The smallest absolute Gasteiger partial charge is 0.124 e. The third-order valence-electron chi connectivity index (χ3n) is 4.52. The molecule has 1 unspecified atom stereocenters. The SMILES string of the molecule is CCOc1ccc(Cl)cc1C(c1ccc(C)cn1)N1CCCNCC1. The molecule has 1 atom stereocenters. The van der Waals surface area contributed by atoms with Crippen LogP contribution in [-0.2, 0) is 0 Å². The second kappa shape index (κ2) is 8.65. The van der Waals surface area contributed by atoms with E-state index in [1.165, 1.54) is 0 Å². The summed E-state index contributed by atoms with van der Waals surface area (Å²) in [5.74, 6) is 0.886. The first-order valence-electron chi connectivity index (χ1n) is 8.98. The van der Waals surface area contributed by atoms with Gasteiger partial charge in [-0.2, -0.15) is 0 Å². The minimum absolute atomic E-state index is 0.0424. The Morgan fingerprint density at radius 2 is 2.12 bits per heavy atom. The summed E-state index contributed by atoms with van der Waals surface area (Å²) < 4.78 is 5.91. The van der Waals surface area contributed by atoms with E-state index in [0.29, 0.717) is 6.61 Å². The standard InChI is InChI=1S/C20H26ClN3O/c1-3-25-19-8-6-16(21)13-17(19)20(18-7-5-15(2)14-23-18)24-11-4-9-22-10-12-24/h5-8,13-14,20,22H,3-4,9-12H2,1-2H3. The van der Waals surface area contributed by atoms with Gasteiger partial charge in [0.15, 0.2) is 0 Å². The number of nitrogens with zero attached hydrogens (tertiary/aromatic N) is 2. The molecule has 2 aromatic rings. The summed E-state index contributed by atoms with van der Waals surface area (Å²) in [6.45, 7) is 8.72. The van der Waals surface area contributed by atoms with E-state index in [9.17, 15) is 0 Å². The van der Waals surface area contributed by atoms with Crippen molar-refractivity contribution < 1.29 is 4.74 Å². The van der Waals surface area contributed by atoms with Crippen LogP contribution in [0.2, 0.25) is 5.02 Å². The molecule has 5 heteroatoms. The van der Waals surface area contributed by atoms with Gasteiger partial charge in [-0.3, -0.25) is 9.88 Å². The summed E-state index contributed by atoms with van der Waals surface area (Å²) in [6.07, 6.45) is 3.05. The lowest BCUT2D eigenvalue weighted by molar-refractivity contribution is 0.230. The average molecular weight is 360 g/mol. The number of halogens is 1. The Kier molecular flexibility index (Phi) is 6.29. The first-order chi connectivity index (χ1) is 12.2. The number of rotatable bonds is 5. The third kappa shape index (κ3) is 4.51. The minimum atomic E-state index is 0.0424. The van der Waals surface area contributed by atoms with Crippen LogP contribution >= 0.6 is 11.6 Å². The van der Waals surface area contributed by atoms with Crippen molar-refractivity contribution in [2.24, 2.45) is 0 Å². The molecule has 0 spiro atoms. The fourth-order valence-corrected chi connectivity index (χ4v) is 3.51. The first kappa shape index (κ1) is 18.2. The molecule has 2 heterocycles. The van der Waals surface area contributed by atoms with Gasteiger partial charge in [0.25, 0.3) is 0 Å². The van der Waals surface area contributed by atoms with Crippen molar-refractivity contribution >= 4 is 11.6 Å². The Labute approximate surface area is 155 Å². The Morgan fingerprint density at radius 1 is 1.24 bits per heavy atom. The minimum Gasteiger partial charge on any atom is -0.494 e. The van der Waals surface area contributed by atoms with Crippen molar-refractivity contribution in [2.45, 2.75) is 26.3 Å². The molecule has 25 heavy (non-hydrogen) atoms. The Balaban J connectivity index is 2.06. The van der Waals surface area contributed by atoms with Crippen LogP contribution in [0.15, 0.2) is 36.5 Å². The van der Waals surface area contributed by atoms with Crippen molar-refractivity contribution in [2.75, 3.05) is 32.8 Å². The second-order valence-corrected chi connectivity index (χ2v) is 6.85. The van der Waals surface area contributed by atoms with Crippen LogP contribution in [0, 0.1) is 6.92 Å². The van der Waals surface area contributed by atoms with Gasteiger partial charge >= 0.3 is 0 Å². The fraction of sp³-hybridized carbons (Fsp3) is 0.450. The van der Waals surface area contributed by atoms with Gasteiger partial charge in [0.05, 0.1) is 18.3 Å². The molecule has 0 saturated carbocycles. The quantitative estimate of drug-likeness (QED) is 0.880. The molecule has 1 N–H and O–H groups in total. The summed E-state index contributed by atoms with van der Waals surface area (Å²) in [5.41, 5.74) is 3.29. The van der Waals surface area contributed by atoms with E-state index < -0.39 is 0 Å². The highest BCUT2D eigenvalue weighted by Gasteiger charge is 2.27. The number of aromatic nitrogens is 1. The van der Waals surface area contributed by atoms with Gasteiger partial charge in [0, 0.05) is 36.4 Å². The summed E-state index contributed by atoms with van der Waals surface area (Å²) in [5, 5.41) is 4.20. The first-order valence-corrected chi connectivity index (χ1v) is 9.36. The molecule has 0 amide bonds. The summed E-state index contributed by atoms with van der Waals surface area (Å²) in [6, 6.07) is 10.2. The molecule has 1 fully saturated rings. The maximum Gasteiger partial charge on any atom is 0.124 e. The predicted octanol–water partition coefficient (Wildman–Crippen LogP) is 3.83. The maximum atomic E-state index is 6.34. The van der Waals surface area contributed by atoms with Crippen LogP contribution in [0.5, 0.6) is 5.75 Å². The van der Waals surface area contributed by atoms with Gasteiger partial charge in [-0.1, -0.05) is 17.7 Å². The number of pyridine rings is 1. The zero-order valence-corrected chi connectivity index (χ0v) is 15.7. The topological polar surface area (TPSA) is 37.4 Å². The van der Waals surface area contributed by atoms with Crippen LogP contribution in [0.3, 0.4) is 0 Å². The van der Waals surface area contributed by atoms with Crippen molar-refractivity contribution in [1.82, 2.24) is 15.2 Å². The van der Waals surface area contributed by atoms with E-state index in [0.717, 1.165) is 60.2 Å². The average Bonchev–Trinajstić information content (AvgIpc) is 2.89. The van der Waals surface area contributed by atoms with Gasteiger partial charge in [-0.15, -0.1) is 0 Å². The van der Waals surface area contributed by atoms with Gasteiger partial charge in [0.2, 0.25) is 0 Å². The molecule has 1 saturated heterocycles. The monoisotopic (exact) mass is 359 g/mol. The molecule has 4 nitrogen and oxygen atoms in total. The summed E-state index contributed by atoms with van der Waals surface area (Å²) >= 11 is 6.34. The number of hydrogen-bond acceptors (Lipinski definition) is 4. The lowest BCUT2D eigenvalue weighted by Crippen LogP contribution is -2.33. The molecule has 0 aliphatic carbocycles. The van der Waals surface area contributed by atoms with Crippen molar-refractivity contribution in [3.05, 3.63) is 58.4 Å². The molecule has 3 rings (SSSR count). The molecule has 134 valence electrons. The van der Waals surface area contributed by atoms with Gasteiger partial charge in [0.1, 0.15) is 5.75 Å². The van der Waals surface area contributed by atoms with Crippen LogP contribution in [0.4, 0.5) is 0 Å². The third-order valence-corrected chi connectivity index (χ3v) is 4.76. The number of nitrogens with one attached hydrogen (secondary N) is 1. The van der Waals surface area contributed by atoms with Gasteiger partial charge in [-0.25, -0.2) is 0 Å². The fourth-order valence-electron chi connectivity index (χ4n) is 3.33. The Morgan fingerprint density at radius 3 is 2.88 bits per heavy atom. The van der Waals surface area contributed by atoms with Crippen LogP contribution in [0.1, 0.15) is 36.2 Å². The summed E-state index contributed by atoms with van der Waals surface area (Å²) in [7, 11) is 0. The van der Waals surface area contributed by atoms with Crippen LogP contribution in [0.25, 0.3) is 0 Å². The highest BCUT2D eigenvalue weighted by Crippen LogP contribution is 2.36. The lowest BCUT2D eigenvalue weighted by Gasteiger charge is -2.31. The number of aryl methyl sites for hydroxylation is 1. The van der Waals surface area contributed by atoms with Gasteiger partial charge in [-0.05, 0) is 56.6 Å². The zero-order chi connectivity index (χ0) is 17.6. The molecular formula is C20H26ClN3O. The van der Waals surface area contributed by atoms with E-state index in [4.69, 9.17) is 21.3 Å². The van der Waals surface area contributed by atoms with E-state index in [-0.39, 0.29) is 6.04 Å². The lowest BCUT2D eigenvalue weighted by atomic mass is 9.99. The normalized spacial score (nSPS) is 17.1. The number of benzene rings is 1. The molecule has 1 aliphatic rings. The van der Waals surface area contributed by atoms with Crippen molar-refractivity contribution in [3.63, 3.8) is 0 Å². The van der Waals surface area contributed by atoms with Crippen LogP contribution < -0.4 is 10.1 Å². The predicted molar refractivity (Wildman–Crippen MR) is 102 cm³/mol. The molecule has 0 radical (unpaired) electrons. The maximum absolute atomic E-state index is 6.34. The van der Waals surface area contributed by atoms with E-state index >= 15 is 0 Å². The molecule has 1 aliphatic heterocycles. The Hall–Kier alpha value is -1.62. The zero-order valence-electron chi connectivity index (χ0n) is 15.0. The summed E-state index contributed by atoms with van der Waals surface area (Å²) in [4.78, 5) is 7.21. The highest BCUT2D eigenvalue weighted by molar-refractivity contribution is 6.30. The second-order valence-electron chi connectivity index (χ2n) is 6.42.